The quantitative estimate of drug-likeness (QED) is 0.740. The number of aromatic nitrogens is 2. The molecule has 152 valence electrons. The fraction of sp³-hybridized carbons (Fsp3) is 0.455. The zero-order valence-corrected chi connectivity index (χ0v) is 16.5. The number of ketones is 1. The molecule has 29 heavy (non-hydrogen) atoms. The number of hydrogen-bond acceptors (Lipinski definition) is 6. The van der Waals surface area contributed by atoms with Gasteiger partial charge in [-0.25, -0.2) is 4.98 Å². The van der Waals surface area contributed by atoms with Gasteiger partial charge < -0.3 is 14.5 Å². The molecular formula is C22H26N4O3. The first-order chi connectivity index (χ1) is 14.2. The molecule has 2 aliphatic heterocycles. The molecule has 4 rings (SSSR count). The highest BCUT2D eigenvalue weighted by molar-refractivity contribution is 6.07. The number of carbonyl (C=O) groups is 2. The van der Waals surface area contributed by atoms with E-state index in [-0.39, 0.29) is 17.6 Å². The molecule has 2 aromatic rings. The Bertz CT molecular complexity index is 852. The summed E-state index contributed by atoms with van der Waals surface area (Å²) in [5, 5.41) is 0. The Kier molecular flexibility index (Phi) is 6.14. The fourth-order valence-electron chi connectivity index (χ4n) is 3.94. The van der Waals surface area contributed by atoms with Crippen molar-refractivity contribution in [3.63, 3.8) is 0 Å². The molecule has 2 aromatic heterocycles. The number of anilines is 1. The number of carbonyl (C=O) groups excluding carboxylic acids is 2. The van der Waals surface area contributed by atoms with E-state index in [9.17, 15) is 9.59 Å². The summed E-state index contributed by atoms with van der Waals surface area (Å²) in [6, 6.07) is 9.01. The second-order valence-electron chi connectivity index (χ2n) is 7.50. The molecule has 4 heterocycles. The van der Waals surface area contributed by atoms with Crippen LogP contribution in [0.2, 0.25) is 0 Å². The molecule has 0 saturated carbocycles. The van der Waals surface area contributed by atoms with Crippen LogP contribution in [-0.2, 0) is 9.53 Å². The Morgan fingerprint density at radius 3 is 2.66 bits per heavy atom. The van der Waals surface area contributed by atoms with Gasteiger partial charge in [0.15, 0.2) is 0 Å². The fourth-order valence-corrected chi connectivity index (χ4v) is 3.94. The van der Waals surface area contributed by atoms with Crippen molar-refractivity contribution in [3.05, 3.63) is 54.0 Å². The number of pyridine rings is 2. The van der Waals surface area contributed by atoms with Crippen LogP contribution in [0.5, 0.6) is 0 Å². The Balaban J connectivity index is 1.43. The van der Waals surface area contributed by atoms with Crippen molar-refractivity contribution < 1.29 is 14.3 Å². The molecule has 7 heteroatoms. The average Bonchev–Trinajstić information content (AvgIpc) is 3.06. The number of nitrogens with zero attached hydrogens (tertiary/aromatic N) is 4. The largest absolute Gasteiger partial charge is 0.381 e. The molecule has 2 saturated heterocycles. The molecule has 7 nitrogen and oxygen atoms in total. The van der Waals surface area contributed by atoms with Gasteiger partial charge in [0, 0.05) is 63.3 Å². The van der Waals surface area contributed by atoms with Crippen molar-refractivity contribution in [2.24, 2.45) is 5.92 Å². The van der Waals surface area contributed by atoms with Gasteiger partial charge >= 0.3 is 0 Å². The highest BCUT2D eigenvalue weighted by Crippen LogP contribution is 2.20. The zero-order valence-electron chi connectivity index (χ0n) is 16.5. The minimum absolute atomic E-state index is 0.0915. The topological polar surface area (TPSA) is 75.6 Å². The number of rotatable bonds is 4. The van der Waals surface area contributed by atoms with Gasteiger partial charge in [0.25, 0.3) is 0 Å². The van der Waals surface area contributed by atoms with Crippen LogP contribution in [-0.4, -0.2) is 66.0 Å². The standard InChI is InChI=1S/C22H26N4O3/c27-21(18-4-2-9-23-16-18)19-5-1-6-20(24-19)25-10-3-11-26(13-12-25)22(28)17-7-14-29-15-8-17/h1-2,4-6,9,16-17H,3,7-8,10-15H2. The summed E-state index contributed by atoms with van der Waals surface area (Å²) < 4.78 is 5.38. The molecule has 1 amide bonds. The third-order valence-corrected chi connectivity index (χ3v) is 5.59. The Labute approximate surface area is 170 Å². The predicted molar refractivity (Wildman–Crippen MR) is 109 cm³/mol. The Hall–Kier alpha value is -2.80. The van der Waals surface area contributed by atoms with Crippen molar-refractivity contribution in [2.75, 3.05) is 44.3 Å². The van der Waals surface area contributed by atoms with Crippen LogP contribution in [0, 0.1) is 5.92 Å². The van der Waals surface area contributed by atoms with Gasteiger partial charge in [-0.15, -0.1) is 0 Å². The molecule has 0 atom stereocenters. The lowest BCUT2D eigenvalue weighted by atomic mass is 9.98. The van der Waals surface area contributed by atoms with E-state index in [4.69, 9.17) is 4.74 Å². The first-order valence-electron chi connectivity index (χ1n) is 10.3. The molecule has 0 radical (unpaired) electrons. The highest BCUT2D eigenvalue weighted by Gasteiger charge is 2.28. The van der Waals surface area contributed by atoms with Gasteiger partial charge in [-0.3, -0.25) is 14.6 Å². The van der Waals surface area contributed by atoms with Crippen molar-refractivity contribution >= 4 is 17.5 Å². The maximum Gasteiger partial charge on any atom is 0.225 e. The maximum atomic E-state index is 12.8. The zero-order chi connectivity index (χ0) is 20.1. The van der Waals surface area contributed by atoms with Crippen LogP contribution in [0.3, 0.4) is 0 Å². The van der Waals surface area contributed by atoms with Crippen molar-refractivity contribution in [2.45, 2.75) is 19.3 Å². The number of amides is 1. The Morgan fingerprint density at radius 1 is 1.00 bits per heavy atom. The van der Waals surface area contributed by atoms with E-state index >= 15 is 0 Å². The molecule has 2 fully saturated rings. The summed E-state index contributed by atoms with van der Waals surface area (Å²) >= 11 is 0. The van der Waals surface area contributed by atoms with Gasteiger partial charge in [-0.05, 0) is 43.5 Å². The van der Waals surface area contributed by atoms with Crippen molar-refractivity contribution in [3.8, 4) is 0 Å². The molecule has 0 unspecified atom stereocenters. The summed E-state index contributed by atoms with van der Waals surface area (Å²) in [7, 11) is 0. The van der Waals surface area contributed by atoms with Crippen molar-refractivity contribution in [1.82, 2.24) is 14.9 Å². The molecule has 0 aliphatic carbocycles. The summed E-state index contributed by atoms with van der Waals surface area (Å²) in [6.45, 7) is 4.33. The predicted octanol–water partition coefficient (Wildman–Crippen LogP) is 2.17. The monoisotopic (exact) mass is 394 g/mol. The molecule has 2 aliphatic rings. The van der Waals surface area contributed by atoms with E-state index < -0.39 is 0 Å². The van der Waals surface area contributed by atoms with Crippen LogP contribution in [0.1, 0.15) is 35.3 Å². The molecule has 0 spiro atoms. The molecule has 0 bridgehead atoms. The van der Waals surface area contributed by atoms with E-state index in [1.54, 1.807) is 30.6 Å². The van der Waals surface area contributed by atoms with Crippen LogP contribution in [0.15, 0.2) is 42.7 Å². The Morgan fingerprint density at radius 2 is 1.86 bits per heavy atom. The average molecular weight is 394 g/mol. The molecule has 0 N–H and O–H groups in total. The van der Waals surface area contributed by atoms with Gasteiger partial charge in [-0.1, -0.05) is 6.07 Å². The second-order valence-corrected chi connectivity index (χ2v) is 7.50. The highest BCUT2D eigenvalue weighted by atomic mass is 16.5. The lowest BCUT2D eigenvalue weighted by Gasteiger charge is -2.28. The van der Waals surface area contributed by atoms with Crippen LogP contribution in [0.4, 0.5) is 5.82 Å². The van der Waals surface area contributed by atoms with E-state index in [2.05, 4.69) is 14.9 Å². The van der Waals surface area contributed by atoms with Gasteiger partial charge in [0.2, 0.25) is 11.7 Å². The van der Waals surface area contributed by atoms with E-state index in [1.165, 1.54) is 0 Å². The normalized spacial score (nSPS) is 18.3. The molecule has 0 aromatic carbocycles. The van der Waals surface area contributed by atoms with E-state index in [0.717, 1.165) is 38.2 Å². The molecular weight excluding hydrogens is 368 g/mol. The van der Waals surface area contributed by atoms with Crippen LogP contribution < -0.4 is 4.90 Å². The lowest BCUT2D eigenvalue weighted by Crippen LogP contribution is -2.40. The van der Waals surface area contributed by atoms with Gasteiger partial charge in [-0.2, -0.15) is 0 Å². The summed E-state index contributed by atoms with van der Waals surface area (Å²) in [6.07, 6.45) is 5.73. The summed E-state index contributed by atoms with van der Waals surface area (Å²) in [4.78, 5) is 38.3. The second kappa shape index (κ2) is 9.13. The van der Waals surface area contributed by atoms with Crippen molar-refractivity contribution in [1.29, 1.82) is 0 Å². The third-order valence-electron chi connectivity index (χ3n) is 5.59. The minimum atomic E-state index is -0.133. The smallest absolute Gasteiger partial charge is 0.225 e. The lowest BCUT2D eigenvalue weighted by molar-refractivity contribution is -0.138. The third kappa shape index (κ3) is 4.62. The van der Waals surface area contributed by atoms with E-state index in [0.29, 0.717) is 37.6 Å². The minimum Gasteiger partial charge on any atom is -0.381 e. The first-order valence-corrected chi connectivity index (χ1v) is 10.3. The SMILES string of the molecule is O=C(c1cccnc1)c1cccc(N2CCCN(C(=O)C3CCOCC3)CC2)n1. The van der Waals surface area contributed by atoms with E-state index in [1.807, 2.05) is 17.0 Å². The maximum absolute atomic E-state index is 12.8. The first kappa shape index (κ1) is 19.5. The van der Waals surface area contributed by atoms with Gasteiger partial charge in [0.1, 0.15) is 11.5 Å². The van der Waals surface area contributed by atoms with Gasteiger partial charge in [0.05, 0.1) is 0 Å². The number of ether oxygens (including phenoxy) is 1. The van der Waals surface area contributed by atoms with Crippen LogP contribution >= 0.6 is 0 Å². The van der Waals surface area contributed by atoms with Crippen LogP contribution in [0.25, 0.3) is 0 Å². The summed E-state index contributed by atoms with van der Waals surface area (Å²) in [5.74, 6) is 0.990. The summed E-state index contributed by atoms with van der Waals surface area (Å²) in [5.41, 5.74) is 0.941. The number of hydrogen-bond donors (Lipinski definition) is 0.